The second kappa shape index (κ2) is 8.16. The van der Waals surface area contributed by atoms with Crippen molar-refractivity contribution in [2.75, 3.05) is 6.54 Å². The lowest BCUT2D eigenvalue weighted by Crippen LogP contribution is -2.49. The Morgan fingerprint density at radius 3 is 2.48 bits per heavy atom. The van der Waals surface area contributed by atoms with E-state index in [0.29, 0.717) is 12.2 Å². The molecule has 0 aromatic carbocycles. The highest BCUT2D eigenvalue weighted by atomic mass is 19.4. The van der Waals surface area contributed by atoms with E-state index >= 15 is 0 Å². The van der Waals surface area contributed by atoms with Crippen molar-refractivity contribution < 1.29 is 22.7 Å². The number of hydrogen-bond acceptors (Lipinski definition) is 5. The van der Waals surface area contributed by atoms with Crippen LogP contribution >= 0.6 is 0 Å². The number of carbonyl (C=O) groups is 1. The molecule has 0 aliphatic carbocycles. The van der Waals surface area contributed by atoms with Gasteiger partial charge in [0.2, 0.25) is 0 Å². The number of aliphatic imine (C=N–C) groups is 2. The molecule has 29 heavy (non-hydrogen) atoms. The molecule has 0 saturated heterocycles. The van der Waals surface area contributed by atoms with Gasteiger partial charge < -0.3 is 10.1 Å². The van der Waals surface area contributed by atoms with Gasteiger partial charge in [-0.05, 0) is 47.6 Å². The molecule has 162 valence electrons. The highest BCUT2D eigenvalue weighted by Gasteiger charge is 2.38. The maximum atomic E-state index is 13.3. The van der Waals surface area contributed by atoms with Crippen LogP contribution in [0.5, 0.6) is 0 Å². The summed E-state index contributed by atoms with van der Waals surface area (Å²) in [5.74, 6) is -0.370. The summed E-state index contributed by atoms with van der Waals surface area (Å²) in [5, 5.41) is 6.49. The van der Waals surface area contributed by atoms with E-state index in [-0.39, 0.29) is 18.5 Å². The fourth-order valence-corrected chi connectivity index (χ4v) is 2.98. The Bertz CT molecular complexity index is 791. The van der Waals surface area contributed by atoms with E-state index in [1.54, 1.807) is 40.8 Å². The zero-order valence-corrected chi connectivity index (χ0v) is 17.5. The number of ether oxygens (including phenoxy) is 1. The largest absolute Gasteiger partial charge is 0.444 e. The summed E-state index contributed by atoms with van der Waals surface area (Å²) in [4.78, 5) is 20.6. The van der Waals surface area contributed by atoms with Crippen molar-refractivity contribution in [1.82, 2.24) is 15.1 Å². The molecular formula is C19H28F3N5O2. The SMILES string of the molecule is CC1N=CC=NCC1c1cc(C(F)(F)F)nn1CC(C)(C)NC(=O)OC(C)(C)C. The van der Waals surface area contributed by atoms with Crippen molar-refractivity contribution in [1.29, 1.82) is 0 Å². The first-order valence-electron chi connectivity index (χ1n) is 9.36. The molecular weight excluding hydrogens is 387 g/mol. The molecule has 2 rings (SSSR count). The Morgan fingerprint density at radius 1 is 1.24 bits per heavy atom. The van der Waals surface area contributed by atoms with Gasteiger partial charge in [-0.25, -0.2) is 4.79 Å². The lowest BCUT2D eigenvalue weighted by molar-refractivity contribution is -0.141. The number of halogens is 3. The van der Waals surface area contributed by atoms with Crippen LogP contribution in [-0.2, 0) is 17.5 Å². The molecule has 1 N–H and O–H groups in total. The van der Waals surface area contributed by atoms with Gasteiger partial charge in [0.15, 0.2) is 5.69 Å². The molecule has 1 aromatic rings. The van der Waals surface area contributed by atoms with Crippen molar-refractivity contribution >= 4 is 18.5 Å². The van der Waals surface area contributed by atoms with Gasteiger partial charge in [-0.2, -0.15) is 18.3 Å². The molecule has 7 nitrogen and oxygen atoms in total. The summed E-state index contributed by atoms with van der Waals surface area (Å²) in [6.45, 7) is 10.7. The average Bonchev–Trinajstić information content (AvgIpc) is 2.79. The zero-order valence-electron chi connectivity index (χ0n) is 17.5. The predicted molar refractivity (Wildman–Crippen MR) is 105 cm³/mol. The van der Waals surface area contributed by atoms with Gasteiger partial charge in [-0.1, -0.05) is 0 Å². The van der Waals surface area contributed by atoms with Gasteiger partial charge >= 0.3 is 12.3 Å². The molecule has 1 amide bonds. The van der Waals surface area contributed by atoms with Crippen LogP contribution in [0.2, 0.25) is 0 Å². The summed E-state index contributed by atoms with van der Waals surface area (Å²) >= 11 is 0. The molecule has 0 bridgehead atoms. The summed E-state index contributed by atoms with van der Waals surface area (Å²) in [6.07, 6.45) is -2.15. The van der Waals surface area contributed by atoms with Crippen LogP contribution < -0.4 is 5.32 Å². The molecule has 0 saturated carbocycles. The van der Waals surface area contributed by atoms with Gasteiger partial charge in [0, 0.05) is 30.6 Å². The van der Waals surface area contributed by atoms with Crippen molar-refractivity contribution in [2.45, 2.75) is 77.4 Å². The van der Waals surface area contributed by atoms with E-state index in [1.165, 1.54) is 10.9 Å². The Balaban J connectivity index is 2.33. The monoisotopic (exact) mass is 415 g/mol. The Kier molecular flexibility index (Phi) is 6.44. The smallest absolute Gasteiger partial charge is 0.435 e. The number of rotatable bonds is 4. The van der Waals surface area contributed by atoms with Crippen LogP contribution in [0.25, 0.3) is 0 Å². The summed E-state index contributed by atoms with van der Waals surface area (Å²) in [5.41, 5.74) is -2.20. The van der Waals surface area contributed by atoms with Crippen LogP contribution in [0.1, 0.15) is 58.8 Å². The fourth-order valence-electron chi connectivity index (χ4n) is 2.98. The first kappa shape index (κ1) is 22.9. The standard InChI is InChI=1S/C19H28F3N5O2/c1-12-13(10-23-7-8-24-12)14-9-15(19(20,21)22)26-27(14)11-18(5,6)25-16(28)29-17(2,3)4/h7-9,12-13H,10-11H2,1-6H3,(H,25,28). The molecule has 1 aliphatic heterocycles. The average molecular weight is 415 g/mol. The van der Waals surface area contributed by atoms with Crippen molar-refractivity contribution in [2.24, 2.45) is 9.98 Å². The normalized spacial score (nSPS) is 20.4. The van der Waals surface area contributed by atoms with E-state index in [9.17, 15) is 18.0 Å². The van der Waals surface area contributed by atoms with Gasteiger partial charge in [-0.3, -0.25) is 14.7 Å². The zero-order chi connectivity index (χ0) is 22.0. The van der Waals surface area contributed by atoms with E-state index in [1.807, 2.05) is 6.92 Å². The number of nitrogens with one attached hydrogen (secondary N) is 1. The van der Waals surface area contributed by atoms with Crippen molar-refractivity contribution in [3.05, 3.63) is 17.5 Å². The van der Waals surface area contributed by atoms with Crippen LogP contribution in [0.4, 0.5) is 18.0 Å². The molecule has 0 fully saturated rings. The third-order valence-corrected chi connectivity index (χ3v) is 4.24. The second-order valence-corrected chi connectivity index (χ2v) is 8.78. The second-order valence-electron chi connectivity index (χ2n) is 8.78. The van der Waals surface area contributed by atoms with Crippen LogP contribution in [0.15, 0.2) is 16.1 Å². The number of hydrogen-bond donors (Lipinski definition) is 1. The number of alkyl halides is 3. The maximum Gasteiger partial charge on any atom is 0.435 e. The minimum atomic E-state index is -4.58. The van der Waals surface area contributed by atoms with Crippen molar-refractivity contribution in [3.63, 3.8) is 0 Å². The van der Waals surface area contributed by atoms with Crippen molar-refractivity contribution in [3.8, 4) is 0 Å². The molecule has 10 heteroatoms. The molecule has 2 heterocycles. The van der Waals surface area contributed by atoms with Crippen LogP contribution in [-0.4, -0.2) is 52.0 Å². The quantitative estimate of drug-likeness (QED) is 0.812. The molecule has 1 aromatic heterocycles. The highest BCUT2D eigenvalue weighted by molar-refractivity contribution is 6.16. The molecule has 0 radical (unpaired) electrons. The molecule has 0 spiro atoms. The number of carbonyl (C=O) groups excluding carboxylic acids is 1. The minimum Gasteiger partial charge on any atom is -0.444 e. The molecule has 2 unspecified atom stereocenters. The molecule has 2 atom stereocenters. The first-order valence-corrected chi connectivity index (χ1v) is 9.36. The Morgan fingerprint density at radius 2 is 1.90 bits per heavy atom. The van der Waals surface area contributed by atoms with E-state index < -0.39 is 29.1 Å². The van der Waals surface area contributed by atoms with E-state index in [0.717, 1.165) is 6.07 Å². The van der Waals surface area contributed by atoms with Gasteiger partial charge in [0.1, 0.15) is 5.60 Å². The lowest BCUT2D eigenvalue weighted by Gasteiger charge is -2.30. The third-order valence-electron chi connectivity index (χ3n) is 4.24. The van der Waals surface area contributed by atoms with E-state index in [2.05, 4.69) is 20.4 Å². The first-order chi connectivity index (χ1) is 13.2. The molecule has 1 aliphatic rings. The predicted octanol–water partition coefficient (Wildman–Crippen LogP) is 3.83. The topological polar surface area (TPSA) is 80.9 Å². The Labute approximate surface area is 168 Å². The summed E-state index contributed by atoms with van der Waals surface area (Å²) in [7, 11) is 0. The Hall–Kier alpha value is -2.39. The van der Waals surface area contributed by atoms with Crippen LogP contribution in [0.3, 0.4) is 0 Å². The van der Waals surface area contributed by atoms with E-state index in [4.69, 9.17) is 4.74 Å². The summed E-state index contributed by atoms with van der Waals surface area (Å²) < 4.78 is 46.5. The van der Waals surface area contributed by atoms with Crippen LogP contribution in [0, 0.1) is 0 Å². The number of amides is 1. The highest BCUT2D eigenvalue weighted by Crippen LogP contribution is 2.33. The number of aromatic nitrogens is 2. The minimum absolute atomic E-state index is 0.0221. The van der Waals surface area contributed by atoms with Gasteiger partial charge in [-0.15, -0.1) is 0 Å². The fraction of sp³-hybridized carbons (Fsp3) is 0.684. The number of nitrogens with zero attached hydrogens (tertiary/aromatic N) is 4. The summed E-state index contributed by atoms with van der Waals surface area (Å²) in [6, 6.07) is 0.775. The number of alkyl carbamates (subject to hydrolysis) is 1. The van der Waals surface area contributed by atoms with Gasteiger partial charge in [0.25, 0.3) is 0 Å². The third kappa shape index (κ3) is 6.57. The van der Waals surface area contributed by atoms with Gasteiger partial charge in [0.05, 0.1) is 18.1 Å². The maximum absolute atomic E-state index is 13.3. The lowest BCUT2D eigenvalue weighted by atomic mass is 9.96.